The summed E-state index contributed by atoms with van der Waals surface area (Å²) in [5.41, 5.74) is 2.69. The molecule has 1 unspecified atom stereocenters. The van der Waals surface area contributed by atoms with Crippen molar-refractivity contribution in [3.8, 4) is 0 Å². The number of rotatable bonds is 4. The summed E-state index contributed by atoms with van der Waals surface area (Å²) in [4.78, 5) is 12.7. The fourth-order valence-corrected chi connectivity index (χ4v) is 4.04. The average molecular weight is 369 g/mol. The summed E-state index contributed by atoms with van der Waals surface area (Å²) in [7, 11) is 0. The van der Waals surface area contributed by atoms with E-state index in [-0.39, 0.29) is 12.1 Å². The number of carbonyl (C=O) groups is 1. The Balaban J connectivity index is 1.55. The standard InChI is InChI=1S/C20H21ClN4O/c21-15-8-3-7-14(11-15)19(13-5-1-2-6-13)24-20(26)23-17-9-4-10-18-16(17)12-22-25-18/h3-4,7-13,19H,1-2,5-6H2,(H,22,25)(H2,23,24,26). The number of aromatic amines is 1. The molecule has 3 N–H and O–H groups in total. The number of aromatic nitrogens is 2. The van der Waals surface area contributed by atoms with Crippen molar-refractivity contribution in [3.05, 3.63) is 59.2 Å². The van der Waals surface area contributed by atoms with Crippen molar-refractivity contribution in [2.45, 2.75) is 31.7 Å². The van der Waals surface area contributed by atoms with Gasteiger partial charge in [0, 0.05) is 10.4 Å². The first kappa shape index (κ1) is 16.9. The van der Waals surface area contributed by atoms with Gasteiger partial charge >= 0.3 is 6.03 Å². The maximum absolute atomic E-state index is 12.7. The number of halogens is 1. The quantitative estimate of drug-likeness (QED) is 0.587. The first-order chi connectivity index (χ1) is 12.7. The third kappa shape index (κ3) is 3.53. The van der Waals surface area contributed by atoms with E-state index >= 15 is 0 Å². The number of anilines is 1. The number of urea groups is 1. The number of benzene rings is 2. The van der Waals surface area contributed by atoms with Crippen molar-refractivity contribution in [2.75, 3.05) is 5.32 Å². The summed E-state index contributed by atoms with van der Waals surface area (Å²) in [6.07, 6.45) is 6.37. The molecule has 2 amide bonds. The van der Waals surface area contributed by atoms with Gasteiger partial charge in [0.25, 0.3) is 0 Å². The minimum absolute atomic E-state index is 0.0419. The predicted molar refractivity (Wildman–Crippen MR) is 104 cm³/mol. The van der Waals surface area contributed by atoms with E-state index in [1.54, 1.807) is 6.20 Å². The van der Waals surface area contributed by atoms with E-state index in [0.717, 1.165) is 35.0 Å². The van der Waals surface area contributed by atoms with Gasteiger partial charge in [-0.2, -0.15) is 5.10 Å². The molecule has 0 radical (unpaired) electrons. The van der Waals surface area contributed by atoms with Gasteiger partial charge in [-0.25, -0.2) is 4.79 Å². The number of hydrogen-bond acceptors (Lipinski definition) is 2. The van der Waals surface area contributed by atoms with Crippen molar-refractivity contribution < 1.29 is 4.79 Å². The third-order valence-corrected chi connectivity index (χ3v) is 5.33. The van der Waals surface area contributed by atoms with Crippen LogP contribution in [-0.2, 0) is 0 Å². The van der Waals surface area contributed by atoms with Crippen LogP contribution in [0, 0.1) is 5.92 Å². The summed E-state index contributed by atoms with van der Waals surface area (Å²) in [5.74, 6) is 0.434. The highest BCUT2D eigenvalue weighted by molar-refractivity contribution is 6.30. The van der Waals surface area contributed by atoms with Gasteiger partial charge in [0.05, 0.1) is 23.4 Å². The van der Waals surface area contributed by atoms with Gasteiger partial charge in [0.1, 0.15) is 0 Å². The molecule has 5 nitrogen and oxygen atoms in total. The zero-order valence-electron chi connectivity index (χ0n) is 14.3. The van der Waals surface area contributed by atoms with E-state index < -0.39 is 0 Å². The Bertz CT molecular complexity index is 917. The highest BCUT2D eigenvalue weighted by Gasteiger charge is 2.28. The number of hydrogen-bond donors (Lipinski definition) is 3. The van der Waals surface area contributed by atoms with Gasteiger partial charge in [-0.3, -0.25) is 5.10 Å². The van der Waals surface area contributed by atoms with E-state index in [4.69, 9.17) is 11.6 Å². The van der Waals surface area contributed by atoms with Crippen LogP contribution in [0.4, 0.5) is 10.5 Å². The molecule has 3 aromatic rings. The van der Waals surface area contributed by atoms with Gasteiger partial charge in [0.15, 0.2) is 0 Å². The lowest BCUT2D eigenvalue weighted by atomic mass is 9.92. The third-order valence-electron chi connectivity index (χ3n) is 5.10. The van der Waals surface area contributed by atoms with Gasteiger partial charge in [-0.1, -0.05) is 42.6 Å². The molecule has 1 aromatic heterocycles. The van der Waals surface area contributed by atoms with Gasteiger partial charge in [0.2, 0.25) is 0 Å². The number of fused-ring (bicyclic) bond motifs is 1. The molecule has 134 valence electrons. The molecule has 0 bridgehead atoms. The van der Waals surface area contributed by atoms with Gasteiger partial charge in [-0.05, 0) is 48.6 Å². The molecule has 1 aliphatic carbocycles. The fraction of sp³-hybridized carbons (Fsp3) is 0.300. The molecule has 0 saturated heterocycles. The van der Waals surface area contributed by atoms with Crippen LogP contribution in [0.2, 0.25) is 5.02 Å². The minimum atomic E-state index is -0.212. The summed E-state index contributed by atoms with van der Waals surface area (Å²) >= 11 is 6.18. The zero-order valence-corrected chi connectivity index (χ0v) is 15.1. The van der Waals surface area contributed by atoms with Crippen molar-refractivity contribution in [1.29, 1.82) is 0 Å². The second-order valence-electron chi connectivity index (χ2n) is 6.81. The monoisotopic (exact) mass is 368 g/mol. The van der Waals surface area contributed by atoms with Crippen molar-refractivity contribution in [1.82, 2.24) is 15.5 Å². The summed E-state index contributed by atoms with van der Waals surface area (Å²) in [6.45, 7) is 0. The zero-order chi connectivity index (χ0) is 17.9. The van der Waals surface area contributed by atoms with Crippen LogP contribution in [0.15, 0.2) is 48.7 Å². The molecular formula is C20H21ClN4O. The molecule has 0 spiro atoms. The lowest BCUT2D eigenvalue weighted by molar-refractivity contribution is 0.242. The number of H-pyrrole nitrogens is 1. The Morgan fingerprint density at radius 3 is 2.81 bits per heavy atom. The second-order valence-corrected chi connectivity index (χ2v) is 7.25. The van der Waals surface area contributed by atoms with Crippen LogP contribution in [0.3, 0.4) is 0 Å². The lowest BCUT2D eigenvalue weighted by Gasteiger charge is -2.25. The lowest BCUT2D eigenvalue weighted by Crippen LogP contribution is -2.36. The molecule has 1 fully saturated rings. The maximum atomic E-state index is 12.7. The predicted octanol–water partition coefficient (Wildman–Crippen LogP) is 5.27. The van der Waals surface area contributed by atoms with Crippen LogP contribution in [0.25, 0.3) is 10.9 Å². The Morgan fingerprint density at radius 2 is 2.00 bits per heavy atom. The van der Waals surface area contributed by atoms with Crippen LogP contribution in [-0.4, -0.2) is 16.2 Å². The Hall–Kier alpha value is -2.53. The molecule has 26 heavy (non-hydrogen) atoms. The van der Waals surface area contributed by atoms with Crippen LogP contribution in [0.5, 0.6) is 0 Å². The van der Waals surface area contributed by atoms with E-state index in [1.165, 1.54) is 12.8 Å². The van der Waals surface area contributed by atoms with Gasteiger partial charge < -0.3 is 10.6 Å². The summed E-state index contributed by atoms with van der Waals surface area (Å²) < 4.78 is 0. The molecule has 4 rings (SSSR count). The molecule has 6 heteroatoms. The fourth-order valence-electron chi connectivity index (χ4n) is 3.84. The molecule has 1 aliphatic rings. The maximum Gasteiger partial charge on any atom is 0.319 e. The smallest absolute Gasteiger partial charge is 0.319 e. The van der Waals surface area contributed by atoms with Crippen LogP contribution < -0.4 is 10.6 Å². The van der Waals surface area contributed by atoms with E-state index in [1.807, 2.05) is 42.5 Å². The molecular weight excluding hydrogens is 348 g/mol. The van der Waals surface area contributed by atoms with Crippen molar-refractivity contribution in [3.63, 3.8) is 0 Å². The Labute approximate surface area is 157 Å². The number of amides is 2. The van der Waals surface area contributed by atoms with Crippen LogP contribution >= 0.6 is 11.6 Å². The minimum Gasteiger partial charge on any atom is -0.331 e. The highest BCUT2D eigenvalue weighted by Crippen LogP contribution is 2.36. The molecule has 1 heterocycles. The van der Waals surface area contributed by atoms with Crippen molar-refractivity contribution >= 4 is 34.2 Å². The molecule has 1 saturated carbocycles. The van der Waals surface area contributed by atoms with E-state index in [0.29, 0.717) is 10.9 Å². The second kappa shape index (κ2) is 7.38. The number of nitrogens with zero attached hydrogens (tertiary/aromatic N) is 1. The Kier molecular flexibility index (Phi) is 4.80. The molecule has 0 aliphatic heterocycles. The summed E-state index contributed by atoms with van der Waals surface area (Å²) in [5, 5.41) is 14.7. The number of nitrogens with one attached hydrogen (secondary N) is 3. The SMILES string of the molecule is O=C(Nc1cccc2[nH]ncc12)NC(c1cccc(Cl)c1)C1CCCC1. The number of carbonyl (C=O) groups excluding carboxylic acids is 1. The average Bonchev–Trinajstić information content (AvgIpc) is 3.32. The van der Waals surface area contributed by atoms with E-state index in [2.05, 4.69) is 20.8 Å². The largest absolute Gasteiger partial charge is 0.331 e. The van der Waals surface area contributed by atoms with E-state index in [9.17, 15) is 4.79 Å². The first-order valence-corrected chi connectivity index (χ1v) is 9.33. The highest BCUT2D eigenvalue weighted by atomic mass is 35.5. The van der Waals surface area contributed by atoms with Gasteiger partial charge in [-0.15, -0.1) is 0 Å². The topological polar surface area (TPSA) is 69.8 Å². The van der Waals surface area contributed by atoms with Crippen LogP contribution in [0.1, 0.15) is 37.3 Å². The Morgan fingerprint density at radius 1 is 1.19 bits per heavy atom. The first-order valence-electron chi connectivity index (χ1n) is 8.96. The molecule has 2 aromatic carbocycles. The molecule has 1 atom stereocenters. The normalized spacial score (nSPS) is 15.9. The summed E-state index contributed by atoms with van der Waals surface area (Å²) in [6, 6.07) is 13.2. The van der Waals surface area contributed by atoms with Crippen molar-refractivity contribution in [2.24, 2.45) is 5.92 Å².